The van der Waals surface area contributed by atoms with Gasteiger partial charge in [0.15, 0.2) is 0 Å². The summed E-state index contributed by atoms with van der Waals surface area (Å²) in [6, 6.07) is 4.44. The molecule has 1 aliphatic heterocycles. The molecule has 0 aliphatic carbocycles. The van der Waals surface area contributed by atoms with E-state index in [9.17, 15) is 8.78 Å². The molecular weight excluding hydrogens is 220 g/mol. The van der Waals surface area contributed by atoms with Gasteiger partial charge in [-0.1, -0.05) is 0 Å². The molecule has 1 saturated heterocycles. The zero-order valence-electron chi connectivity index (χ0n) is 10.4. The molecule has 0 amide bonds. The maximum atomic E-state index is 13.1. The molecule has 1 heterocycles. The van der Waals surface area contributed by atoms with Crippen LogP contribution in [0, 0.1) is 11.6 Å². The van der Waals surface area contributed by atoms with Crippen molar-refractivity contribution in [1.29, 1.82) is 0 Å². The summed E-state index contributed by atoms with van der Waals surface area (Å²) >= 11 is 0. The van der Waals surface area contributed by atoms with E-state index in [-0.39, 0.29) is 0 Å². The summed E-state index contributed by atoms with van der Waals surface area (Å²) in [7, 11) is 0. The lowest BCUT2D eigenvalue weighted by atomic mass is 9.89. The van der Waals surface area contributed by atoms with Crippen molar-refractivity contribution in [1.82, 2.24) is 4.90 Å². The SMILES string of the molecule is CC(C)N1CCC(c2cc(F)cc(F)c2)CC1. The zero-order valence-corrected chi connectivity index (χ0v) is 10.4. The van der Waals surface area contributed by atoms with Gasteiger partial charge in [-0.25, -0.2) is 8.78 Å². The lowest BCUT2D eigenvalue weighted by Gasteiger charge is -2.34. The predicted molar refractivity (Wildman–Crippen MR) is 65.0 cm³/mol. The van der Waals surface area contributed by atoms with Crippen LogP contribution < -0.4 is 0 Å². The molecular formula is C14H19F2N. The van der Waals surface area contributed by atoms with Crippen LogP contribution >= 0.6 is 0 Å². The van der Waals surface area contributed by atoms with Crippen LogP contribution in [-0.2, 0) is 0 Å². The molecule has 0 radical (unpaired) electrons. The second-order valence-corrected chi connectivity index (χ2v) is 5.11. The third-order valence-corrected chi connectivity index (χ3v) is 3.62. The van der Waals surface area contributed by atoms with Gasteiger partial charge in [-0.05, 0) is 63.4 Å². The maximum Gasteiger partial charge on any atom is 0.126 e. The molecule has 0 unspecified atom stereocenters. The molecule has 0 saturated carbocycles. The molecule has 1 fully saturated rings. The summed E-state index contributed by atoms with van der Waals surface area (Å²) in [6.45, 7) is 6.39. The van der Waals surface area contributed by atoms with Crippen molar-refractivity contribution >= 4 is 0 Å². The highest BCUT2D eigenvalue weighted by atomic mass is 19.1. The summed E-state index contributed by atoms with van der Waals surface area (Å²) < 4.78 is 26.3. The molecule has 0 atom stereocenters. The molecule has 17 heavy (non-hydrogen) atoms. The Morgan fingerprint density at radius 2 is 1.59 bits per heavy atom. The van der Waals surface area contributed by atoms with Crippen molar-refractivity contribution in [2.45, 2.75) is 38.6 Å². The van der Waals surface area contributed by atoms with Crippen LogP contribution in [0.2, 0.25) is 0 Å². The molecule has 0 spiro atoms. The van der Waals surface area contributed by atoms with E-state index < -0.39 is 11.6 Å². The van der Waals surface area contributed by atoms with Gasteiger partial charge >= 0.3 is 0 Å². The van der Waals surface area contributed by atoms with Crippen LogP contribution in [0.4, 0.5) is 8.78 Å². The molecule has 0 N–H and O–H groups in total. The summed E-state index contributed by atoms with van der Waals surface area (Å²) in [5.41, 5.74) is 0.811. The van der Waals surface area contributed by atoms with Gasteiger partial charge in [0.1, 0.15) is 11.6 Å². The topological polar surface area (TPSA) is 3.24 Å². The second-order valence-electron chi connectivity index (χ2n) is 5.11. The smallest absolute Gasteiger partial charge is 0.126 e. The second kappa shape index (κ2) is 5.13. The van der Waals surface area contributed by atoms with E-state index in [0.29, 0.717) is 12.0 Å². The van der Waals surface area contributed by atoms with Crippen LogP contribution in [0.3, 0.4) is 0 Å². The number of rotatable bonds is 2. The Kier molecular flexibility index (Phi) is 3.77. The first kappa shape index (κ1) is 12.5. The minimum atomic E-state index is -0.466. The van der Waals surface area contributed by atoms with Crippen molar-refractivity contribution in [3.05, 3.63) is 35.4 Å². The summed E-state index contributed by atoms with van der Waals surface area (Å²) in [5, 5.41) is 0. The fourth-order valence-electron chi connectivity index (χ4n) is 2.56. The van der Waals surface area contributed by atoms with Gasteiger partial charge in [0.25, 0.3) is 0 Å². The first-order valence-corrected chi connectivity index (χ1v) is 6.26. The molecule has 1 aromatic carbocycles. The van der Waals surface area contributed by atoms with E-state index in [1.54, 1.807) is 0 Å². The first-order chi connectivity index (χ1) is 8.06. The Morgan fingerprint density at radius 3 is 2.06 bits per heavy atom. The molecule has 1 aromatic rings. The van der Waals surface area contributed by atoms with E-state index >= 15 is 0 Å². The number of likely N-dealkylation sites (tertiary alicyclic amines) is 1. The summed E-state index contributed by atoms with van der Waals surface area (Å²) in [5.74, 6) is -0.632. The molecule has 3 heteroatoms. The van der Waals surface area contributed by atoms with E-state index in [0.717, 1.165) is 37.6 Å². The minimum Gasteiger partial charge on any atom is -0.301 e. The van der Waals surface area contributed by atoms with Crippen molar-refractivity contribution in [2.24, 2.45) is 0 Å². The fourth-order valence-corrected chi connectivity index (χ4v) is 2.56. The average molecular weight is 239 g/mol. The average Bonchev–Trinajstić information content (AvgIpc) is 2.28. The highest BCUT2D eigenvalue weighted by molar-refractivity contribution is 5.22. The number of hydrogen-bond acceptors (Lipinski definition) is 1. The standard InChI is InChI=1S/C14H19F2N/c1-10(2)17-5-3-11(4-6-17)12-7-13(15)9-14(16)8-12/h7-11H,3-6H2,1-2H3. The van der Waals surface area contributed by atoms with E-state index in [4.69, 9.17) is 0 Å². The number of hydrogen-bond donors (Lipinski definition) is 0. The molecule has 1 aliphatic rings. The first-order valence-electron chi connectivity index (χ1n) is 6.26. The van der Waals surface area contributed by atoms with E-state index in [1.807, 2.05) is 0 Å². The zero-order chi connectivity index (χ0) is 12.4. The van der Waals surface area contributed by atoms with Crippen LogP contribution in [0.1, 0.15) is 38.2 Å². The lowest BCUT2D eigenvalue weighted by Crippen LogP contribution is -2.37. The number of piperidine rings is 1. The van der Waals surface area contributed by atoms with Gasteiger partial charge in [-0.15, -0.1) is 0 Å². The van der Waals surface area contributed by atoms with E-state index in [2.05, 4.69) is 18.7 Å². The van der Waals surface area contributed by atoms with Crippen LogP contribution in [0.25, 0.3) is 0 Å². The minimum absolute atomic E-state index is 0.301. The van der Waals surface area contributed by atoms with Crippen LogP contribution in [0.5, 0.6) is 0 Å². The van der Waals surface area contributed by atoms with Gasteiger partial charge in [0.05, 0.1) is 0 Å². The fraction of sp³-hybridized carbons (Fsp3) is 0.571. The molecule has 2 rings (SSSR count). The van der Waals surface area contributed by atoms with Gasteiger partial charge in [-0.2, -0.15) is 0 Å². The Hall–Kier alpha value is -0.960. The van der Waals surface area contributed by atoms with Crippen LogP contribution in [-0.4, -0.2) is 24.0 Å². The number of halogens is 2. The van der Waals surface area contributed by atoms with Crippen molar-refractivity contribution in [3.8, 4) is 0 Å². The highest BCUT2D eigenvalue weighted by Gasteiger charge is 2.22. The third-order valence-electron chi connectivity index (χ3n) is 3.62. The van der Waals surface area contributed by atoms with Crippen molar-refractivity contribution < 1.29 is 8.78 Å². The van der Waals surface area contributed by atoms with Crippen LogP contribution in [0.15, 0.2) is 18.2 Å². The normalized spacial score (nSPS) is 18.9. The van der Waals surface area contributed by atoms with Gasteiger partial charge in [0, 0.05) is 12.1 Å². The van der Waals surface area contributed by atoms with Gasteiger partial charge in [0.2, 0.25) is 0 Å². The Balaban J connectivity index is 2.05. The summed E-state index contributed by atoms with van der Waals surface area (Å²) in [4.78, 5) is 2.41. The van der Waals surface area contributed by atoms with Gasteiger partial charge in [-0.3, -0.25) is 0 Å². The largest absolute Gasteiger partial charge is 0.301 e. The Morgan fingerprint density at radius 1 is 1.06 bits per heavy atom. The molecule has 0 bridgehead atoms. The number of nitrogens with zero attached hydrogens (tertiary/aromatic N) is 1. The number of benzene rings is 1. The Bertz CT molecular complexity index is 362. The maximum absolute atomic E-state index is 13.1. The molecule has 1 nitrogen and oxygen atoms in total. The Labute approximate surface area is 101 Å². The highest BCUT2D eigenvalue weighted by Crippen LogP contribution is 2.29. The molecule has 0 aromatic heterocycles. The van der Waals surface area contributed by atoms with Gasteiger partial charge < -0.3 is 4.90 Å². The van der Waals surface area contributed by atoms with Crippen molar-refractivity contribution in [3.63, 3.8) is 0 Å². The quantitative estimate of drug-likeness (QED) is 0.763. The lowest BCUT2D eigenvalue weighted by molar-refractivity contribution is 0.171. The molecule has 94 valence electrons. The third kappa shape index (κ3) is 3.03. The van der Waals surface area contributed by atoms with E-state index in [1.165, 1.54) is 12.1 Å². The van der Waals surface area contributed by atoms with Crippen molar-refractivity contribution in [2.75, 3.05) is 13.1 Å². The monoisotopic (exact) mass is 239 g/mol. The summed E-state index contributed by atoms with van der Waals surface area (Å²) in [6.07, 6.45) is 1.97. The predicted octanol–water partition coefficient (Wildman–Crippen LogP) is 3.55.